The monoisotopic (exact) mass is 575 g/mol. The zero-order valence-corrected chi connectivity index (χ0v) is 26.4. The lowest BCUT2D eigenvalue weighted by atomic mass is 9.90. The Bertz CT molecular complexity index is 1490. The van der Waals surface area contributed by atoms with Crippen molar-refractivity contribution in [3.05, 3.63) is 118 Å². The zero-order valence-electron chi connectivity index (χ0n) is 26.4. The molecule has 6 rings (SSSR count). The molecule has 2 aliphatic heterocycles. The molecule has 1 saturated heterocycles. The lowest BCUT2D eigenvalue weighted by Crippen LogP contribution is -2.47. The van der Waals surface area contributed by atoms with Crippen molar-refractivity contribution in [2.75, 3.05) is 49.6 Å². The van der Waals surface area contributed by atoms with Gasteiger partial charge >= 0.3 is 0 Å². The lowest BCUT2D eigenvalue weighted by molar-refractivity contribution is 0.0561. The molecule has 4 aromatic rings. The molecule has 43 heavy (non-hydrogen) atoms. The van der Waals surface area contributed by atoms with E-state index in [-0.39, 0.29) is 5.60 Å². The summed E-state index contributed by atoms with van der Waals surface area (Å²) in [6.45, 7) is 15.8. The van der Waals surface area contributed by atoms with Crippen molar-refractivity contribution in [1.82, 2.24) is 4.90 Å². The third-order valence-corrected chi connectivity index (χ3v) is 9.33. The highest BCUT2D eigenvalue weighted by Gasteiger charge is 2.40. The van der Waals surface area contributed by atoms with Gasteiger partial charge in [-0.3, -0.25) is 4.90 Å². The number of fused-ring (bicyclic) bond motifs is 1. The normalized spacial score (nSPS) is 18.1. The number of hydrogen-bond donors (Lipinski definition) is 0. The number of methoxy groups -OCH3 is 1. The van der Waals surface area contributed by atoms with Crippen LogP contribution in [0, 0.1) is 20.8 Å². The molecular weight excluding hydrogens is 530 g/mol. The largest absolute Gasteiger partial charge is 0.497 e. The van der Waals surface area contributed by atoms with Gasteiger partial charge < -0.3 is 19.3 Å². The van der Waals surface area contributed by atoms with Crippen molar-refractivity contribution < 1.29 is 9.47 Å². The second-order valence-corrected chi connectivity index (χ2v) is 12.5. The molecule has 4 aromatic carbocycles. The molecule has 0 N–H and O–H groups in total. The second-order valence-electron chi connectivity index (χ2n) is 12.5. The predicted octanol–water partition coefficient (Wildman–Crippen LogP) is 7.34. The Morgan fingerprint density at radius 2 is 1.28 bits per heavy atom. The number of ether oxygens (including phenoxy) is 2. The fourth-order valence-electron chi connectivity index (χ4n) is 7.04. The standard InChI is InChI=1S/C38H45N3O2/c1-28-29(2)37-35(30(3)36(28)41-22-20-40(21-23-41)33-16-18-34(42-5)19-17-33)24-38(4,43-37)27-39(25-31-12-8-6-9-13-31)26-32-14-10-7-11-15-32/h6-19H,20-27H2,1-5H3. The SMILES string of the molecule is COc1ccc(N2CCN(c3c(C)c(C)c4c(c3C)CC(C)(CN(Cc3ccccc3)Cc3ccccc3)O4)CC2)cc1. The Morgan fingerprint density at radius 3 is 1.84 bits per heavy atom. The minimum Gasteiger partial charge on any atom is -0.497 e. The summed E-state index contributed by atoms with van der Waals surface area (Å²) in [5.74, 6) is 2.01. The van der Waals surface area contributed by atoms with Crippen molar-refractivity contribution in [2.45, 2.75) is 52.8 Å². The molecule has 2 aliphatic rings. The maximum absolute atomic E-state index is 6.95. The summed E-state index contributed by atoms with van der Waals surface area (Å²) < 4.78 is 12.3. The van der Waals surface area contributed by atoms with Gasteiger partial charge in [0.25, 0.3) is 0 Å². The molecule has 224 valence electrons. The smallest absolute Gasteiger partial charge is 0.127 e. The van der Waals surface area contributed by atoms with E-state index in [0.29, 0.717) is 0 Å². The van der Waals surface area contributed by atoms with E-state index in [0.717, 1.165) is 63.7 Å². The van der Waals surface area contributed by atoms with E-state index in [1.165, 1.54) is 44.8 Å². The first-order valence-electron chi connectivity index (χ1n) is 15.6. The van der Waals surface area contributed by atoms with Gasteiger partial charge in [0.1, 0.15) is 17.1 Å². The van der Waals surface area contributed by atoms with Crippen molar-refractivity contribution in [3.8, 4) is 11.5 Å². The number of hydrogen-bond acceptors (Lipinski definition) is 5. The number of piperazine rings is 1. The maximum atomic E-state index is 6.95. The minimum atomic E-state index is -0.292. The number of nitrogens with zero attached hydrogens (tertiary/aromatic N) is 3. The minimum absolute atomic E-state index is 0.292. The van der Waals surface area contributed by atoms with E-state index in [1.807, 2.05) is 0 Å². The van der Waals surface area contributed by atoms with Crippen LogP contribution in [0.25, 0.3) is 0 Å². The fourth-order valence-corrected chi connectivity index (χ4v) is 7.04. The molecule has 0 aromatic heterocycles. The highest BCUT2D eigenvalue weighted by Crippen LogP contribution is 2.46. The lowest BCUT2D eigenvalue weighted by Gasteiger charge is -2.39. The summed E-state index contributed by atoms with van der Waals surface area (Å²) in [5.41, 5.74) is 10.4. The molecule has 0 saturated carbocycles. The highest BCUT2D eigenvalue weighted by molar-refractivity contribution is 5.70. The Balaban J connectivity index is 1.20. The molecular formula is C38H45N3O2. The first kappa shape index (κ1) is 29.1. The molecule has 5 nitrogen and oxygen atoms in total. The average molecular weight is 576 g/mol. The van der Waals surface area contributed by atoms with Crippen LogP contribution in [0.4, 0.5) is 11.4 Å². The summed E-state index contributed by atoms with van der Waals surface area (Å²) >= 11 is 0. The van der Waals surface area contributed by atoms with Gasteiger partial charge in [-0.1, -0.05) is 60.7 Å². The van der Waals surface area contributed by atoms with E-state index in [9.17, 15) is 0 Å². The van der Waals surface area contributed by atoms with Crippen molar-refractivity contribution >= 4 is 11.4 Å². The predicted molar refractivity (Wildman–Crippen MR) is 178 cm³/mol. The summed E-state index contributed by atoms with van der Waals surface area (Å²) in [6.07, 6.45) is 0.925. The maximum Gasteiger partial charge on any atom is 0.127 e. The van der Waals surface area contributed by atoms with Crippen LogP contribution in [0.2, 0.25) is 0 Å². The molecule has 2 heterocycles. The summed E-state index contributed by atoms with van der Waals surface area (Å²) in [7, 11) is 1.72. The molecule has 1 fully saturated rings. The molecule has 0 spiro atoms. The fraction of sp³-hybridized carbons (Fsp3) is 0.368. The molecule has 1 unspecified atom stereocenters. The summed E-state index contributed by atoms with van der Waals surface area (Å²) in [4.78, 5) is 7.63. The van der Waals surface area contributed by atoms with Gasteiger partial charge in [-0.05, 0) is 79.8 Å². The Kier molecular flexibility index (Phi) is 8.36. The van der Waals surface area contributed by atoms with Crippen LogP contribution < -0.4 is 19.3 Å². The van der Waals surface area contributed by atoms with E-state index in [1.54, 1.807) is 7.11 Å². The van der Waals surface area contributed by atoms with Gasteiger partial charge in [-0.15, -0.1) is 0 Å². The molecule has 0 aliphatic carbocycles. The third kappa shape index (κ3) is 6.23. The molecule has 5 heteroatoms. The summed E-state index contributed by atoms with van der Waals surface area (Å²) in [5, 5.41) is 0. The zero-order chi connectivity index (χ0) is 30.0. The topological polar surface area (TPSA) is 28.2 Å². The quantitative estimate of drug-likeness (QED) is 0.208. The van der Waals surface area contributed by atoms with Crippen LogP contribution in [0.5, 0.6) is 11.5 Å². The van der Waals surface area contributed by atoms with Crippen LogP contribution in [0.15, 0.2) is 84.9 Å². The van der Waals surface area contributed by atoms with E-state index < -0.39 is 0 Å². The van der Waals surface area contributed by atoms with Crippen LogP contribution >= 0.6 is 0 Å². The number of anilines is 2. The van der Waals surface area contributed by atoms with Gasteiger partial charge in [0.15, 0.2) is 0 Å². The van der Waals surface area contributed by atoms with Gasteiger partial charge in [-0.25, -0.2) is 0 Å². The number of rotatable bonds is 9. The van der Waals surface area contributed by atoms with Crippen LogP contribution in [0.3, 0.4) is 0 Å². The van der Waals surface area contributed by atoms with Crippen molar-refractivity contribution in [1.29, 1.82) is 0 Å². The van der Waals surface area contributed by atoms with E-state index >= 15 is 0 Å². The third-order valence-electron chi connectivity index (χ3n) is 9.33. The van der Waals surface area contributed by atoms with Gasteiger partial charge in [-0.2, -0.15) is 0 Å². The first-order valence-corrected chi connectivity index (χ1v) is 15.6. The van der Waals surface area contributed by atoms with E-state index in [4.69, 9.17) is 9.47 Å². The molecule has 1 atom stereocenters. The Morgan fingerprint density at radius 1 is 0.721 bits per heavy atom. The first-order chi connectivity index (χ1) is 20.8. The van der Waals surface area contributed by atoms with Crippen LogP contribution in [0.1, 0.15) is 40.3 Å². The van der Waals surface area contributed by atoms with Crippen molar-refractivity contribution in [2.24, 2.45) is 0 Å². The highest BCUT2D eigenvalue weighted by atomic mass is 16.5. The van der Waals surface area contributed by atoms with Crippen LogP contribution in [-0.2, 0) is 19.5 Å². The Hall–Kier alpha value is -3.96. The molecule has 0 radical (unpaired) electrons. The van der Waals surface area contributed by atoms with Crippen molar-refractivity contribution in [3.63, 3.8) is 0 Å². The average Bonchev–Trinajstić information content (AvgIpc) is 3.39. The molecule has 0 bridgehead atoms. The van der Waals surface area contributed by atoms with Gasteiger partial charge in [0.2, 0.25) is 0 Å². The van der Waals surface area contributed by atoms with Crippen LogP contribution in [-0.4, -0.2) is 50.3 Å². The van der Waals surface area contributed by atoms with Gasteiger partial charge in [0.05, 0.1) is 7.11 Å². The van der Waals surface area contributed by atoms with Gasteiger partial charge in [0, 0.05) is 69.2 Å². The Labute approximate surface area is 257 Å². The molecule has 0 amide bonds. The second kappa shape index (κ2) is 12.3. The van der Waals surface area contributed by atoms with E-state index in [2.05, 4.69) is 127 Å². The summed E-state index contributed by atoms with van der Waals surface area (Å²) in [6, 6.07) is 30.1. The number of benzene rings is 4.